The maximum atomic E-state index is 11.0. The number of amides is 1. The number of carbonyl (C=O) groups is 1. The summed E-state index contributed by atoms with van der Waals surface area (Å²) in [5, 5.41) is 2.74. The Bertz CT molecular complexity index is 184. The zero-order chi connectivity index (χ0) is 7.56. The standard InChI is InChI=1S/C7H12N2O/c1-5-4-9-7(10)6(5)2-3-8/h2-4,8H2,1H3,(H,9,10). The molecule has 1 aliphatic heterocycles. The summed E-state index contributed by atoms with van der Waals surface area (Å²) >= 11 is 0. The second kappa shape index (κ2) is 2.84. The van der Waals surface area contributed by atoms with Crippen LogP contribution in [0, 0.1) is 0 Å². The van der Waals surface area contributed by atoms with Gasteiger partial charge in [-0.15, -0.1) is 0 Å². The fourth-order valence-electron chi connectivity index (χ4n) is 1.09. The van der Waals surface area contributed by atoms with Crippen molar-refractivity contribution >= 4 is 5.91 Å². The van der Waals surface area contributed by atoms with Crippen LogP contribution in [0.4, 0.5) is 0 Å². The Morgan fingerprint density at radius 2 is 2.40 bits per heavy atom. The van der Waals surface area contributed by atoms with Crippen LogP contribution in [0.5, 0.6) is 0 Å². The van der Waals surface area contributed by atoms with Gasteiger partial charge in [-0.05, 0) is 25.5 Å². The van der Waals surface area contributed by atoms with Gasteiger partial charge in [0, 0.05) is 12.1 Å². The van der Waals surface area contributed by atoms with Gasteiger partial charge in [0.15, 0.2) is 0 Å². The normalized spacial score (nSPS) is 18.0. The lowest BCUT2D eigenvalue weighted by Crippen LogP contribution is -2.18. The first-order valence-corrected chi connectivity index (χ1v) is 3.42. The molecule has 3 heteroatoms. The molecule has 3 N–H and O–H groups in total. The average molecular weight is 140 g/mol. The van der Waals surface area contributed by atoms with E-state index in [1.54, 1.807) is 0 Å². The van der Waals surface area contributed by atoms with E-state index >= 15 is 0 Å². The minimum absolute atomic E-state index is 0.0583. The van der Waals surface area contributed by atoms with E-state index in [0.717, 1.165) is 11.1 Å². The van der Waals surface area contributed by atoms with Gasteiger partial charge in [-0.2, -0.15) is 0 Å². The molecule has 0 aromatic carbocycles. The third-order valence-corrected chi connectivity index (χ3v) is 1.70. The molecule has 0 aromatic rings. The van der Waals surface area contributed by atoms with E-state index in [0.29, 0.717) is 19.5 Å². The molecule has 0 atom stereocenters. The molecule has 0 saturated carbocycles. The van der Waals surface area contributed by atoms with Crippen molar-refractivity contribution in [2.75, 3.05) is 13.1 Å². The smallest absolute Gasteiger partial charge is 0.247 e. The summed E-state index contributed by atoms with van der Waals surface area (Å²) in [5.74, 6) is 0.0583. The Kier molecular flexibility index (Phi) is 2.06. The largest absolute Gasteiger partial charge is 0.349 e. The van der Waals surface area contributed by atoms with Crippen LogP contribution in [0.15, 0.2) is 11.1 Å². The van der Waals surface area contributed by atoms with E-state index in [1.807, 2.05) is 6.92 Å². The third kappa shape index (κ3) is 1.19. The second-order valence-corrected chi connectivity index (χ2v) is 2.48. The van der Waals surface area contributed by atoms with E-state index in [1.165, 1.54) is 0 Å². The second-order valence-electron chi connectivity index (χ2n) is 2.48. The van der Waals surface area contributed by atoms with Gasteiger partial charge in [0.05, 0.1) is 0 Å². The number of hydrogen-bond donors (Lipinski definition) is 2. The topological polar surface area (TPSA) is 55.1 Å². The van der Waals surface area contributed by atoms with Crippen molar-refractivity contribution in [3.8, 4) is 0 Å². The van der Waals surface area contributed by atoms with Crippen molar-refractivity contribution in [1.29, 1.82) is 0 Å². The van der Waals surface area contributed by atoms with E-state index in [9.17, 15) is 4.79 Å². The summed E-state index contributed by atoms with van der Waals surface area (Å²) < 4.78 is 0. The summed E-state index contributed by atoms with van der Waals surface area (Å²) in [7, 11) is 0. The molecular formula is C7H12N2O. The van der Waals surface area contributed by atoms with Crippen molar-refractivity contribution < 1.29 is 4.79 Å². The molecule has 1 rings (SSSR count). The van der Waals surface area contributed by atoms with Gasteiger partial charge < -0.3 is 11.1 Å². The Balaban J connectivity index is 2.68. The number of nitrogens with one attached hydrogen (secondary N) is 1. The molecule has 1 heterocycles. The fourth-order valence-corrected chi connectivity index (χ4v) is 1.09. The molecule has 3 nitrogen and oxygen atoms in total. The van der Waals surface area contributed by atoms with E-state index in [-0.39, 0.29) is 5.91 Å². The first-order chi connectivity index (χ1) is 4.75. The van der Waals surface area contributed by atoms with Crippen molar-refractivity contribution in [1.82, 2.24) is 5.32 Å². The van der Waals surface area contributed by atoms with Gasteiger partial charge in [0.1, 0.15) is 0 Å². The lowest BCUT2D eigenvalue weighted by Gasteiger charge is -1.95. The number of rotatable bonds is 2. The average Bonchev–Trinajstić information content (AvgIpc) is 2.20. The van der Waals surface area contributed by atoms with Crippen LogP contribution >= 0.6 is 0 Å². The van der Waals surface area contributed by atoms with Crippen LogP contribution in [0.1, 0.15) is 13.3 Å². The Hall–Kier alpha value is -0.830. The van der Waals surface area contributed by atoms with Crippen LogP contribution in [-0.2, 0) is 4.79 Å². The van der Waals surface area contributed by atoms with Gasteiger partial charge in [0.25, 0.3) is 0 Å². The Labute approximate surface area is 60.3 Å². The minimum atomic E-state index is 0.0583. The molecule has 0 saturated heterocycles. The quantitative estimate of drug-likeness (QED) is 0.557. The van der Waals surface area contributed by atoms with Gasteiger partial charge >= 0.3 is 0 Å². The third-order valence-electron chi connectivity index (χ3n) is 1.70. The van der Waals surface area contributed by atoms with E-state index in [4.69, 9.17) is 5.73 Å². The number of nitrogens with two attached hydrogens (primary N) is 1. The lowest BCUT2D eigenvalue weighted by molar-refractivity contribution is -0.116. The molecule has 0 radical (unpaired) electrons. The SMILES string of the molecule is CC1=C(CCN)C(=O)NC1. The van der Waals surface area contributed by atoms with Gasteiger partial charge in [0.2, 0.25) is 5.91 Å². The molecule has 10 heavy (non-hydrogen) atoms. The fraction of sp³-hybridized carbons (Fsp3) is 0.571. The first kappa shape index (κ1) is 7.28. The molecule has 0 fully saturated rings. The first-order valence-electron chi connectivity index (χ1n) is 3.42. The molecule has 0 aliphatic carbocycles. The van der Waals surface area contributed by atoms with Crippen LogP contribution in [0.3, 0.4) is 0 Å². The van der Waals surface area contributed by atoms with E-state index < -0.39 is 0 Å². The van der Waals surface area contributed by atoms with E-state index in [2.05, 4.69) is 5.32 Å². The minimum Gasteiger partial charge on any atom is -0.349 e. The number of hydrogen-bond acceptors (Lipinski definition) is 2. The predicted octanol–water partition coefficient (Wildman–Crippen LogP) is -0.219. The zero-order valence-corrected chi connectivity index (χ0v) is 6.11. The van der Waals surface area contributed by atoms with Crippen molar-refractivity contribution in [3.63, 3.8) is 0 Å². The summed E-state index contributed by atoms with van der Waals surface area (Å²) in [4.78, 5) is 11.0. The summed E-state index contributed by atoms with van der Waals surface area (Å²) in [6, 6.07) is 0. The Morgan fingerprint density at radius 1 is 1.70 bits per heavy atom. The monoisotopic (exact) mass is 140 g/mol. The van der Waals surface area contributed by atoms with Gasteiger partial charge in [-0.25, -0.2) is 0 Å². The molecule has 56 valence electrons. The molecular weight excluding hydrogens is 128 g/mol. The van der Waals surface area contributed by atoms with Crippen molar-refractivity contribution in [3.05, 3.63) is 11.1 Å². The van der Waals surface area contributed by atoms with Crippen LogP contribution in [-0.4, -0.2) is 19.0 Å². The van der Waals surface area contributed by atoms with Gasteiger partial charge in [-0.3, -0.25) is 4.79 Å². The van der Waals surface area contributed by atoms with Crippen molar-refractivity contribution in [2.24, 2.45) is 5.73 Å². The molecule has 1 amide bonds. The number of carbonyl (C=O) groups excluding carboxylic acids is 1. The molecule has 0 spiro atoms. The van der Waals surface area contributed by atoms with Crippen LogP contribution in [0.25, 0.3) is 0 Å². The van der Waals surface area contributed by atoms with Crippen LogP contribution < -0.4 is 11.1 Å². The maximum Gasteiger partial charge on any atom is 0.247 e. The highest BCUT2D eigenvalue weighted by Crippen LogP contribution is 2.12. The van der Waals surface area contributed by atoms with Crippen LogP contribution in [0.2, 0.25) is 0 Å². The highest BCUT2D eigenvalue weighted by molar-refractivity contribution is 5.96. The molecule has 1 aliphatic rings. The lowest BCUT2D eigenvalue weighted by atomic mass is 10.1. The van der Waals surface area contributed by atoms with Gasteiger partial charge in [-0.1, -0.05) is 0 Å². The molecule has 0 bridgehead atoms. The maximum absolute atomic E-state index is 11.0. The molecule has 0 aromatic heterocycles. The predicted molar refractivity (Wildman–Crippen MR) is 39.4 cm³/mol. The summed E-state index contributed by atoms with van der Waals surface area (Å²) in [5.41, 5.74) is 7.33. The highest BCUT2D eigenvalue weighted by atomic mass is 16.1. The molecule has 0 unspecified atom stereocenters. The summed E-state index contributed by atoms with van der Waals surface area (Å²) in [6.07, 6.45) is 0.706. The summed E-state index contributed by atoms with van der Waals surface area (Å²) in [6.45, 7) is 3.22. The highest BCUT2D eigenvalue weighted by Gasteiger charge is 2.17. The Morgan fingerprint density at radius 3 is 2.80 bits per heavy atom. The van der Waals surface area contributed by atoms with Crippen molar-refractivity contribution in [2.45, 2.75) is 13.3 Å². The zero-order valence-electron chi connectivity index (χ0n) is 6.11.